The van der Waals surface area contributed by atoms with Crippen molar-refractivity contribution < 1.29 is 28.6 Å². The molecule has 0 aromatic heterocycles. The standard InChI is InChI=1S/C36H54O6/c1-30(28-40-29-31(2)42-36(39)35(38)33-24-17-15-18-25-33)41-27-21-14-12-10-8-6-4-3-5-7-9-11-13-16-22-32-23-19-20-26-34(32)37/h15,17-20,23-25,30-31H,3-14,16,21-22,26-29H2,1-2H3. The Morgan fingerprint density at radius 1 is 0.738 bits per heavy atom. The number of Topliss-reactive ketones (excluding diaryl/α,β-unsaturated/α-hetero) is 2. The average molecular weight is 583 g/mol. The topological polar surface area (TPSA) is 78.9 Å². The lowest BCUT2D eigenvalue weighted by Crippen LogP contribution is -2.27. The third-order valence-corrected chi connectivity index (χ3v) is 7.57. The molecule has 1 aliphatic rings. The van der Waals surface area contributed by atoms with Gasteiger partial charge in [0.15, 0.2) is 5.78 Å². The largest absolute Gasteiger partial charge is 0.454 e. The highest BCUT2D eigenvalue weighted by Crippen LogP contribution is 2.18. The van der Waals surface area contributed by atoms with Gasteiger partial charge in [0, 0.05) is 18.6 Å². The van der Waals surface area contributed by atoms with E-state index in [2.05, 4.69) is 0 Å². The molecular weight excluding hydrogens is 528 g/mol. The van der Waals surface area contributed by atoms with E-state index in [0.717, 1.165) is 31.4 Å². The Bertz CT molecular complexity index is 951. The molecule has 0 spiro atoms. The van der Waals surface area contributed by atoms with E-state index in [1.54, 1.807) is 37.3 Å². The number of hydrogen-bond acceptors (Lipinski definition) is 6. The molecule has 0 saturated carbocycles. The van der Waals surface area contributed by atoms with Gasteiger partial charge in [0.05, 0.1) is 19.3 Å². The second-order valence-corrected chi connectivity index (χ2v) is 11.6. The molecule has 0 fully saturated rings. The third-order valence-electron chi connectivity index (χ3n) is 7.57. The normalized spacial score (nSPS) is 14.4. The first-order valence-electron chi connectivity index (χ1n) is 16.4. The molecule has 2 atom stereocenters. The number of ether oxygens (including phenoxy) is 3. The van der Waals surface area contributed by atoms with E-state index in [9.17, 15) is 14.4 Å². The van der Waals surface area contributed by atoms with Gasteiger partial charge < -0.3 is 14.2 Å². The second kappa shape index (κ2) is 23.0. The summed E-state index contributed by atoms with van der Waals surface area (Å²) in [5.41, 5.74) is 1.34. The molecule has 1 aromatic carbocycles. The Hall–Kier alpha value is -2.57. The van der Waals surface area contributed by atoms with E-state index in [-0.39, 0.29) is 12.7 Å². The summed E-state index contributed by atoms with van der Waals surface area (Å²) in [5.74, 6) is -1.19. The van der Waals surface area contributed by atoms with Crippen molar-refractivity contribution in [3.8, 4) is 0 Å². The summed E-state index contributed by atoms with van der Waals surface area (Å²) in [4.78, 5) is 35.9. The summed E-state index contributed by atoms with van der Waals surface area (Å²) >= 11 is 0. The highest BCUT2D eigenvalue weighted by molar-refractivity contribution is 6.40. The maximum absolute atomic E-state index is 12.1. The Morgan fingerprint density at radius 2 is 1.29 bits per heavy atom. The molecule has 0 radical (unpaired) electrons. The van der Waals surface area contributed by atoms with Crippen LogP contribution in [0.3, 0.4) is 0 Å². The quantitative estimate of drug-likeness (QED) is 0.0498. The predicted octanol–water partition coefficient (Wildman–Crippen LogP) is 8.53. The van der Waals surface area contributed by atoms with Crippen LogP contribution in [0.25, 0.3) is 0 Å². The molecule has 42 heavy (non-hydrogen) atoms. The smallest absolute Gasteiger partial charge is 0.380 e. The van der Waals surface area contributed by atoms with Gasteiger partial charge in [-0.15, -0.1) is 0 Å². The number of benzene rings is 1. The molecule has 0 bridgehead atoms. The van der Waals surface area contributed by atoms with Crippen LogP contribution in [0.5, 0.6) is 0 Å². The summed E-state index contributed by atoms with van der Waals surface area (Å²) in [6.07, 6.45) is 24.9. The van der Waals surface area contributed by atoms with Crippen molar-refractivity contribution >= 4 is 17.5 Å². The maximum atomic E-state index is 12.1. The van der Waals surface area contributed by atoms with Crippen LogP contribution in [0.15, 0.2) is 54.1 Å². The van der Waals surface area contributed by atoms with Crippen LogP contribution in [-0.2, 0) is 23.8 Å². The van der Waals surface area contributed by atoms with Gasteiger partial charge >= 0.3 is 5.97 Å². The van der Waals surface area contributed by atoms with E-state index >= 15 is 0 Å². The fourth-order valence-electron chi connectivity index (χ4n) is 5.06. The summed E-state index contributed by atoms with van der Waals surface area (Å²) in [6, 6.07) is 8.41. The van der Waals surface area contributed by atoms with Gasteiger partial charge in [-0.05, 0) is 38.7 Å². The van der Waals surface area contributed by atoms with E-state index < -0.39 is 17.9 Å². The molecule has 0 N–H and O–H groups in total. The molecule has 0 saturated heterocycles. The monoisotopic (exact) mass is 582 g/mol. The number of ketones is 2. The lowest BCUT2D eigenvalue weighted by atomic mass is 9.97. The first-order chi connectivity index (χ1) is 20.5. The SMILES string of the molecule is CC(COCC(C)OC(=O)C(=O)c1ccccc1)OCCCCCCCCCCCCCCCCC1=CC=CCC1=O. The van der Waals surface area contributed by atoms with Gasteiger partial charge in [0.25, 0.3) is 5.78 Å². The molecule has 0 amide bonds. The Balaban J connectivity index is 1.29. The van der Waals surface area contributed by atoms with Gasteiger partial charge in [-0.3, -0.25) is 9.59 Å². The zero-order valence-electron chi connectivity index (χ0n) is 26.2. The second-order valence-electron chi connectivity index (χ2n) is 11.6. The average Bonchev–Trinajstić information content (AvgIpc) is 2.99. The number of allylic oxidation sites excluding steroid dienone is 4. The Kier molecular flexibility index (Phi) is 19.5. The van der Waals surface area contributed by atoms with E-state index in [4.69, 9.17) is 14.2 Å². The minimum absolute atomic E-state index is 0.0265. The summed E-state index contributed by atoms with van der Waals surface area (Å²) in [7, 11) is 0. The number of carbonyl (C=O) groups is 3. The molecule has 0 heterocycles. The molecule has 2 unspecified atom stereocenters. The van der Waals surface area contributed by atoms with E-state index in [0.29, 0.717) is 24.4 Å². The van der Waals surface area contributed by atoms with Crippen LogP contribution in [0.1, 0.15) is 127 Å². The highest BCUT2D eigenvalue weighted by atomic mass is 16.6. The van der Waals surface area contributed by atoms with Crippen LogP contribution in [0.2, 0.25) is 0 Å². The number of rotatable bonds is 25. The Labute approximate surface area is 254 Å². The Morgan fingerprint density at radius 3 is 1.88 bits per heavy atom. The van der Waals surface area contributed by atoms with Crippen molar-refractivity contribution in [1.82, 2.24) is 0 Å². The maximum Gasteiger partial charge on any atom is 0.380 e. The van der Waals surface area contributed by atoms with Gasteiger partial charge in [-0.2, -0.15) is 0 Å². The highest BCUT2D eigenvalue weighted by Gasteiger charge is 2.20. The van der Waals surface area contributed by atoms with Crippen LogP contribution >= 0.6 is 0 Å². The third kappa shape index (κ3) is 16.8. The van der Waals surface area contributed by atoms with Crippen molar-refractivity contribution in [1.29, 1.82) is 0 Å². The van der Waals surface area contributed by atoms with Gasteiger partial charge in [0.2, 0.25) is 0 Å². The molecule has 6 nitrogen and oxygen atoms in total. The zero-order valence-corrected chi connectivity index (χ0v) is 26.2. The zero-order chi connectivity index (χ0) is 30.3. The fraction of sp³-hybridized carbons (Fsp3) is 0.639. The van der Waals surface area contributed by atoms with Gasteiger partial charge in [0.1, 0.15) is 6.10 Å². The molecule has 6 heteroatoms. The summed E-state index contributed by atoms with van der Waals surface area (Å²) < 4.78 is 16.7. The predicted molar refractivity (Wildman–Crippen MR) is 169 cm³/mol. The molecule has 234 valence electrons. The molecule has 1 aromatic rings. The minimum atomic E-state index is -0.860. The van der Waals surface area contributed by atoms with Crippen LogP contribution in [0, 0.1) is 0 Å². The van der Waals surface area contributed by atoms with Crippen molar-refractivity contribution in [2.24, 2.45) is 0 Å². The van der Waals surface area contributed by atoms with E-state index in [1.165, 1.54) is 77.0 Å². The van der Waals surface area contributed by atoms with Gasteiger partial charge in [-0.1, -0.05) is 126 Å². The summed E-state index contributed by atoms with van der Waals surface area (Å²) in [6.45, 7) is 5.07. The van der Waals surface area contributed by atoms with Crippen molar-refractivity contribution in [2.75, 3.05) is 19.8 Å². The number of carbonyl (C=O) groups excluding carboxylic acids is 3. The molecular formula is C36H54O6. The number of unbranched alkanes of at least 4 members (excludes halogenated alkanes) is 13. The van der Waals surface area contributed by atoms with Crippen LogP contribution in [-0.4, -0.2) is 49.6 Å². The van der Waals surface area contributed by atoms with E-state index in [1.807, 2.05) is 25.2 Å². The molecule has 1 aliphatic carbocycles. The molecule has 2 rings (SSSR count). The van der Waals surface area contributed by atoms with Gasteiger partial charge in [-0.25, -0.2) is 4.79 Å². The van der Waals surface area contributed by atoms with Crippen molar-refractivity contribution in [3.63, 3.8) is 0 Å². The lowest BCUT2D eigenvalue weighted by Gasteiger charge is -2.16. The first-order valence-corrected chi connectivity index (χ1v) is 16.4. The first kappa shape index (κ1) is 35.6. The van der Waals surface area contributed by atoms with Crippen molar-refractivity contribution in [2.45, 2.75) is 129 Å². The number of hydrogen-bond donors (Lipinski definition) is 0. The minimum Gasteiger partial charge on any atom is -0.454 e. The van der Waals surface area contributed by atoms with Crippen LogP contribution in [0.4, 0.5) is 0 Å². The number of esters is 1. The van der Waals surface area contributed by atoms with Crippen molar-refractivity contribution in [3.05, 3.63) is 59.7 Å². The lowest BCUT2D eigenvalue weighted by molar-refractivity contribution is -0.145. The fourth-order valence-corrected chi connectivity index (χ4v) is 5.06. The van der Waals surface area contributed by atoms with Crippen LogP contribution < -0.4 is 0 Å². The molecule has 0 aliphatic heterocycles. The summed E-state index contributed by atoms with van der Waals surface area (Å²) in [5, 5.41) is 0.